The Balaban J connectivity index is 1.17. The minimum Gasteiger partial charge on any atom is -0.416 e. The van der Waals surface area contributed by atoms with E-state index < -0.39 is 0 Å². The van der Waals surface area contributed by atoms with Gasteiger partial charge < -0.3 is 8.83 Å². The molecule has 6 nitrogen and oxygen atoms in total. The van der Waals surface area contributed by atoms with Crippen molar-refractivity contribution in [2.45, 2.75) is 52.4 Å². The molecule has 0 saturated carbocycles. The summed E-state index contributed by atoms with van der Waals surface area (Å²) in [5, 5.41) is 18.0. The van der Waals surface area contributed by atoms with E-state index in [2.05, 4.69) is 195 Å². The zero-order valence-corrected chi connectivity index (χ0v) is 31.3. The largest absolute Gasteiger partial charge is 0.416 e. The summed E-state index contributed by atoms with van der Waals surface area (Å²) in [5.74, 6) is 1.89. The molecular formula is C48H40N4O2. The summed E-state index contributed by atoms with van der Waals surface area (Å²) in [7, 11) is 0. The Labute approximate surface area is 315 Å². The molecule has 2 heterocycles. The second-order valence-electron chi connectivity index (χ2n) is 16.1. The van der Waals surface area contributed by atoms with Crippen molar-refractivity contribution in [3.8, 4) is 90.3 Å². The molecule has 1 aliphatic rings. The van der Waals surface area contributed by atoms with Gasteiger partial charge in [0.15, 0.2) is 0 Å². The maximum absolute atomic E-state index is 6.35. The molecule has 0 amide bonds. The van der Waals surface area contributed by atoms with Gasteiger partial charge in [-0.25, -0.2) is 0 Å². The zero-order chi connectivity index (χ0) is 37.2. The topological polar surface area (TPSA) is 77.8 Å². The van der Waals surface area contributed by atoms with Crippen LogP contribution in [0.3, 0.4) is 0 Å². The number of fused-ring (bicyclic) bond motifs is 8. The van der Waals surface area contributed by atoms with E-state index in [1.807, 2.05) is 0 Å². The number of nitrogens with zero attached hydrogens (tertiary/aromatic N) is 4. The van der Waals surface area contributed by atoms with Gasteiger partial charge in [-0.2, -0.15) is 0 Å². The van der Waals surface area contributed by atoms with Crippen LogP contribution in [0.25, 0.3) is 90.3 Å². The Hall–Kier alpha value is -6.40. The van der Waals surface area contributed by atoms with Crippen molar-refractivity contribution in [3.63, 3.8) is 0 Å². The van der Waals surface area contributed by atoms with Crippen molar-refractivity contribution >= 4 is 0 Å². The minimum atomic E-state index is 0.0543. The first kappa shape index (κ1) is 33.4. The molecule has 0 radical (unpaired) electrons. The lowest BCUT2D eigenvalue weighted by Crippen LogP contribution is -2.10. The van der Waals surface area contributed by atoms with E-state index in [-0.39, 0.29) is 10.8 Å². The average Bonchev–Trinajstić information content (AvgIpc) is 3.88. The molecule has 264 valence electrons. The van der Waals surface area contributed by atoms with Gasteiger partial charge >= 0.3 is 0 Å². The number of hydrogen-bond acceptors (Lipinski definition) is 6. The van der Waals surface area contributed by atoms with Crippen LogP contribution in [0.1, 0.15) is 52.7 Å². The highest BCUT2D eigenvalue weighted by atomic mass is 16.4. The van der Waals surface area contributed by atoms with Crippen molar-refractivity contribution in [1.29, 1.82) is 0 Å². The smallest absolute Gasteiger partial charge is 0.248 e. The third-order valence-corrected chi connectivity index (χ3v) is 10.4. The summed E-state index contributed by atoms with van der Waals surface area (Å²) in [6.07, 6.45) is 0. The van der Waals surface area contributed by atoms with E-state index in [9.17, 15) is 0 Å². The number of hydrogen-bond donors (Lipinski definition) is 0. The molecule has 0 fully saturated rings. The van der Waals surface area contributed by atoms with E-state index in [1.165, 1.54) is 22.3 Å². The van der Waals surface area contributed by atoms with Gasteiger partial charge in [0.25, 0.3) is 0 Å². The van der Waals surface area contributed by atoms with Crippen LogP contribution in [0.4, 0.5) is 0 Å². The van der Waals surface area contributed by atoms with Crippen molar-refractivity contribution in [2.75, 3.05) is 0 Å². The van der Waals surface area contributed by atoms with Crippen LogP contribution in [0.2, 0.25) is 0 Å². The summed E-state index contributed by atoms with van der Waals surface area (Å²) in [5.41, 5.74) is 15.0. The standard InChI is InChI=1S/C48H40N4O2/c1-47(2,3)33-21-15-29(16-22-33)43-49-51-45(53-43)31-19-25-39-37-13-9-7-11-35(37)36-12-8-10-14-38(36)40-26-20-32(28-42(40)41(39)27-31)46-52-50-44(54-46)30-17-23-34(24-18-30)48(4,5)6/h7-28H,1-6H3. The Morgan fingerprint density at radius 2 is 0.593 bits per heavy atom. The Kier molecular flexibility index (Phi) is 7.82. The molecule has 9 rings (SSSR count). The quantitative estimate of drug-likeness (QED) is 0.181. The van der Waals surface area contributed by atoms with Crippen molar-refractivity contribution < 1.29 is 8.83 Å². The molecule has 6 heteroatoms. The first-order chi connectivity index (χ1) is 26.0. The number of aromatic nitrogens is 4. The van der Waals surface area contributed by atoms with Gasteiger partial charge in [-0.15, -0.1) is 20.4 Å². The Morgan fingerprint density at radius 3 is 0.907 bits per heavy atom. The second-order valence-corrected chi connectivity index (χ2v) is 16.1. The molecule has 0 N–H and O–H groups in total. The van der Waals surface area contributed by atoms with Crippen LogP contribution in [-0.2, 0) is 10.8 Å². The summed E-state index contributed by atoms with van der Waals surface area (Å²) < 4.78 is 12.7. The van der Waals surface area contributed by atoms with Crippen molar-refractivity contribution in [2.24, 2.45) is 0 Å². The summed E-state index contributed by atoms with van der Waals surface area (Å²) in [4.78, 5) is 0. The third-order valence-electron chi connectivity index (χ3n) is 10.4. The van der Waals surface area contributed by atoms with Gasteiger partial charge in [0.1, 0.15) is 0 Å². The molecule has 0 saturated heterocycles. The lowest BCUT2D eigenvalue weighted by molar-refractivity contribution is 0.582. The molecule has 0 spiro atoms. The van der Waals surface area contributed by atoms with Crippen LogP contribution >= 0.6 is 0 Å². The predicted molar refractivity (Wildman–Crippen MR) is 217 cm³/mol. The summed E-state index contributed by atoms with van der Waals surface area (Å²) >= 11 is 0. The van der Waals surface area contributed by atoms with E-state index in [0.717, 1.165) is 55.6 Å². The van der Waals surface area contributed by atoms with E-state index >= 15 is 0 Å². The maximum Gasteiger partial charge on any atom is 0.248 e. The second kappa shape index (κ2) is 12.6. The first-order valence-electron chi connectivity index (χ1n) is 18.4. The van der Waals surface area contributed by atoms with Crippen LogP contribution < -0.4 is 0 Å². The molecule has 0 bridgehead atoms. The molecule has 0 unspecified atom stereocenters. The molecule has 54 heavy (non-hydrogen) atoms. The molecule has 1 aliphatic carbocycles. The maximum atomic E-state index is 6.35. The van der Waals surface area contributed by atoms with Crippen molar-refractivity contribution in [3.05, 3.63) is 145 Å². The Morgan fingerprint density at radius 1 is 0.315 bits per heavy atom. The predicted octanol–water partition coefficient (Wildman–Crippen LogP) is 12.7. The molecule has 6 aromatic carbocycles. The van der Waals surface area contributed by atoms with Gasteiger partial charge in [0.2, 0.25) is 23.6 Å². The molecular weight excluding hydrogens is 665 g/mol. The van der Waals surface area contributed by atoms with Crippen LogP contribution in [0.15, 0.2) is 142 Å². The highest BCUT2D eigenvalue weighted by Crippen LogP contribution is 2.49. The van der Waals surface area contributed by atoms with Gasteiger partial charge in [-0.1, -0.05) is 126 Å². The molecule has 2 aromatic heterocycles. The number of rotatable bonds is 4. The van der Waals surface area contributed by atoms with Crippen LogP contribution in [-0.4, -0.2) is 20.4 Å². The van der Waals surface area contributed by atoms with Gasteiger partial charge in [0.05, 0.1) is 0 Å². The minimum absolute atomic E-state index is 0.0543. The van der Waals surface area contributed by atoms with E-state index in [0.29, 0.717) is 23.6 Å². The molecule has 8 aromatic rings. The van der Waals surface area contributed by atoms with E-state index in [1.54, 1.807) is 0 Å². The van der Waals surface area contributed by atoms with Crippen LogP contribution in [0.5, 0.6) is 0 Å². The summed E-state index contributed by atoms with van der Waals surface area (Å²) in [6, 6.07) is 46.7. The molecule has 0 aliphatic heterocycles. The highest BCUT2D eigenvalue weighted by Gasteiger charge is 2.25. The fourth-order valence-electron chi connectivity index (χ4n) is 7.31. The lowest BCUT2D eigenvalue weighted by atomic mass is 9.80. The summed E-state index contributed by atoms with van der Waals surface area (Å²) in [6.45, 7) is 13.2. The van der Waals surface area contributed by atoms with Gasteiger partial charge in [0, 0.05) is 22.3 Å². The SMILES string of the molecule is CC(C)(C)c1ccc(-c2nnc(-c3ccc4c(c3)-c3cc(-c5nnc(-c6ccc(C(C)(C)C)cc6)o5)ccc3-c3ccccc3-c3ccccc3-4)o2)cc1. The Bertz CT molecular complexity index is 2480. The normalized spacial score (nSPS) is 12.3. The van der Waals surface area contributed by atoms with Crippen molar-refractivity contribution in [1.82, 2.24) is 20.4 Å². The highest BCUT2D eigenvalue weighted by molar-refractivity contribution is 6.04. The lowest BCUT2D eigenvalue weighted by Gasteiger charge is -2.23. The van der Waals surface area contributed by atoms with Gasteiger partial charge in [-0.3, -0.25) is 0 Å². The monoisotopic (exact) mass is 704 g/mol. The average molecular weight is 705 g/mol. The zero-order valence-electron chi connectivity index (χ0n) is 31.3. The number of benzene rings is 6. The first-order valence-corrected chi connectivity index (χ1v) is 18.4. The van der Waals surface area contributed by atoms with Crippen LogP contribution in [0, 0.1) is 0 Å². The van der Waals surface area contributed by atoms with Gasteiger partial charge in [-0.05, 0) is 115 Å². The fraction of sp³-hybridized carbons (Fsp3) is 0.167. The molecule has 0 atom stereocenters. The fourth-order valence-corrected chi connectivity index (χ4v) is 7.31. The van der Waals surface area contributed by atoms with E-state index in [4.69, 9.17) is 8.83 Å². The third kappa shape index (κ3) is 5.94.